The summed E-state index contributed by atoms with van der Waals surface area (Å²) in [5.41, 5.74) is 3.92. The number of halogens is 1. The summed E-state index contributed by atoms with van der Waals surface area (Å²) in [7, 11) is 0. The number of rotatable bonds is 17. The van der Waals surface area contributed by atoms with Crippen molar-refractivity contribution in [2.24, 2.45) is 0 Å². The standard InChI is InChI=1S/C30H44ClO2/c1-3-4-5-7-10-16-28(31)17-11-8-6-9-12-18-30(32)33-29-21-19-26(20-22-29)24-27-15-13-14-25(2)23-27/h14-15,19-23,28H,3-13,16-18,24H2,1-2H3. The van der Waals surface area contributed by atoms with Gasteiger partial charge in [-0.25, -0.2) is 0 Å². The van der Waals surface area contributed by atoms with Crippen molar-refractivity contribution < 1.29 is 9.53 Å². The molecule has 0 saturated carbocycles. The number of carbonyl (C=O) groups excluding carboxylic acids is 1. The van der Waals surface area contributed by atoms with Crippen LogP contribution in [-0.2, 0) is 11.2 Å². The van der Waals surface area contributed by atoms with Crippen molar-refractivity contribution in [2.75, 3.05) is 0 Å². The van der Waals surface area contributed by atoms with Crippen LogP contribution in [0.25, 0.3) is 0 Å². The lowest BCUT2D eigenvalue weighted by Crippen LogP contribution is -2.07. The summed E-state index contributed by atoms with van der Waals surface area (Å²) in [5, 5.41) is 0.339. The average molecular weight is 472 g/mol. The summed E-state index contributed by atoms with van der Waals surface area (Å²) in [4.78, 5) is 12.1. The van der Waals surface area contributed by atoms with Gasteiger partial charge in [-0.1, -0.05) is 100 Å². The Kier molecular flexibility index (Phi) is 14.3. The maximum atomic E-state index is 12.1. The molecule has 0 aromatic heterocycles. The predicted molar refractivity (Wildman–Crippen MR) is 142 cm³/mol. The van der Waals surface area contributed by atoms with Gasteiger partial charge in [0.2, 0.25) is 0 Å². The first-order valence-corrected chi connectivity index (χ1v) is 13.6. The fraction of sp³-hybridized carbons (Fsp3) is 0.600. The van der Waals surface area contributed by atoms with E-state index in [2.05, 4.69) is 44.6 Å². The van der Waals surface area contributed by atoms with Crippen LogP contribution in [0.4, 0.5) is 0 Å². The van der Waals surface area contributed by atoms with Gasteiger partial charge in [0.1, 0.15) is 5.75 Å². The number of alkyl halides is 1. The Hall–Kier alpha value is -1.54. The van der Waals surface area contributed by atoms with Gasteiger partial charge >= 0.3 is 5.97 Å². The Labute approximate surface area is 207 Å². The lowest BCUT2D eigenvalue weighted by Gasteiger charge is -2.12. The first-order valence-electron chi connectivity index (χ1n) is 13.2. The van der Waals surface area contributed by atoms with Crippen LogP contribution in [-0.4, -0.2) is 11.3 Å². The van der Waals surface area contributed by atoms with Crippen molar-refractivity contribution in [3.05, 3.63) is 59.5 Å². The molecule has 1 unspecified atom stereocenters. The largest absolute Gasteiger partial charge is 0.427 e. The second-order valence-electron chi connectivity index (χ2n) is 9.51. The minimum atomic E-state index is -0.129. The number of esters is 1. The molecule has 0 bridgehead atoms. The average Bonchev–Trinajstić information content (AvgIpc) is 2.79. The molecule has 2 rings (SSSR count). The monoisotopic (exact) mass is 471 g/mol. The molecule has 33 heavy (non-hydrogen) atoms. The lowest BCUT2D eigenvalue weighted by molar-refractivity contribution is -0.134. The van der Waals surface area contributed by atoms with Gasteiger partial charge in [0, 0.05) is 11.8 Å². The third kappa shape index (κ3) is 13.1. The van der Waals surface area contributed by atoms with E-state index in [1.54, 1.807) is 0 Å². The molecule has 183 valence electrons. The topological polar surface area (TPSA) is 26.3 Å². The summed E-state index contributed by atoms with van der Waals surface area (Å²) in [6.45, 7) is 4.39. The highest BCUT2D eigenvalue weighted by atomic mass is 35.5. The van der Waals surface area contributed by atoms with Crippen molar-refractivity contribution in [2.45, 2.75) is 116 Å². The van der Waals surface area contributed by atoms with Gasteiger partial charge in [0.15, 0.2) is 0 Å². The quantitative estimate of drug-likeness (QED) is 0.0978. The molecule has 0 spiro atoms. The van der Waals surface area contributed by atoms with Crippen molar-refractivity contribution in [1.82, 2.24) is 0 Å². The van der Waals surface area contributed by atoms with Gasteiger partial charge in [-0.3, -0.25) is 4.79 Å². The first-order chi connectivity index (χ1) is 16.1. The van der Waals surface area contributed by atoms with E-state index in [9.17, 15) is 4.79 Å². The van der Waals surface area contributed by atoms with Gasteiger partial charge in [-0.05, 0) is 63.1 Å². The first kappa shape index (κ1) is 27.7. The van der Waals surface area contributed by atoms with E-state index in [0.717, 1.165) is 38.5 Å². The molecule has 1 aromatic carbocycles. The molecule has 1 radical (unpaired) electrons. The van der Waals surface area contributed by atoms with E-state index < -0.39 is 0 Å². The summed E-state index contributed by atoms with van der Waals surface area (Å²) < 4.78 is 5.51. The smallest absolute Gasteiger partial charge is 0.311 e. The molecule has 1 atom stereocenters. The summed E-state index contributed by atoms with van der Waals surface area (Å²) in [6, 6.07) is 7.93. The fourth-order valence-electron chi connectivity index (χ4n) is 4.30. The molecule has 0 amide bonds. The summed E-state index contributed by atoms with van der Waals surface area (Å²) >= 11 is 6.45. The van der Waals surface area contributed by atoms with Crippen LogP contribution in [0.2, 0.25) is 0 Å². The van der Waals surface area contributed by atoms with E-state index in [4.69, 9.17) is 16.3 Å². The Morgan fingerprint density at radius 2 is 1.58 bits per heavy atom. The van der Waals surface area contributed by atoms with Gasteiger partial charge in [-0.15, -0.1) is 11.6 Å². The van der Waals surface area contributed by atoms with Crippen LogP contribution in [0.1, 0.15) is 109 Å². The number of hydrogen-bond donors (Lipinski definition) is 0. The maximum Gasteiger partial charge on any atom is 0.311 e. The summed E-state index contributed by atoms with van der Waals surface area (Å²) in [5.74, 6) is 0.514. The Morgan fingerprint density at radius 3 is 2.24 bits per heavy atom. The van der Waals surface area contributed by atoms with E-state index >= 15 is 0 Å². The third-order valence-corrected chi connectivity index (χ3v) is 6.75. The van der Waals surface area contributed by atoms with E-state index in [-0.39, 0.29) is 5.97 Å². The Morgan fingerprint density at radius 1 is 0.939 bits per heavy atom. The lowest BCUT2D eigenvalue weighted by atomic mass is 9.95. The SMILES string of the molecule is CCCCCCCC(Cl)CCCCCCCC(=O)Oc1ccc(CC2=CC(C)=CC[CH]2)cc1. The van der Waals surface area contributed by atoms with Crippen LogP contribution in [0.3, 0.4) is 0 Å². The number of benzene rings is 1. The number of unbranched alkanes of at least 4 members (excludes halogenated alkanes) is 8. The molecule has 0 aliphatic heterocycles. The molecule has 2 nitrogen and oxygen atoms in total. The van der Waals surface area contributed by atoms with E-state index in [1.165, 1.54) is 68.1 Å². The summed E-state index contributed by atoms with van der Waals surface area (Å²) in [6.07, 6.45) is 23.6. The third-order valence-electron chi connectivity index (χ3n) is 6.32. The van der Waals surface area contributed by atoms with Crippen molar-refractivity contribution in [3.63, 3.8) is 0 Å². The zero-order valence-electron chi connectivity index (χ0n) is 20.9. The Balaban J connectivity index is 1.49. The normalized spacial score (nSPS) is 14.5. The minimum Gasteiger partial charge on any atom is -0.427 e. The van der Waals surface area contributed by atoms with Gasteiger partial charge in [0.05, 0.1) is 0 Å². The fourth-order valence-corrected chi connectivity index (χ4v) is 4.61. The van der Waals surface area contributed by atoms with Gasteiger partial charge < -0.3 is 4.74 Å². The zero-order valence-corrected chi connectivity index (χ0v) is 21.7. The van der Waals surface area contributed by atoms with Crippen LogP contribution in [0, 0.1) is 6.42 Å². The van der Waals surface area contributed by atoms with Crippen LogP contribution >= 0.6 is 11.6 Å². The van der Waals surface area contributed by atoms with Crippen LogP contribution < -0.4 is 4.74 Å². The molecule has 1 aliphatic carbocycles. The molecule has 0 heterocycles. The minimum absolute atomic E-state index is 0.129. The molecular weight excluding hydrogens is 428 g/mol. The second-order valence-corrected chi connectivity index (χ2v) is 10.1. The highest BCUT2D eigenvalue weighted by Gasteiger charge is 2.08. The molecule has 0 saturated heterocycles. The second kappa shape index (κ2) is 17.0. The van der Waals surface area contributed by atoms with Crippen molar-refractivity contribution in [3.8, 4) is 5.75 Å². The number of ether oxygens (including phenoxy) is 1. The van der Waals surface area contributed by atoms with E-state index in [1.807, 2.05) is 12.1 Å². The number of carbonyl (C=O) groups is 1. The number of allylic oxidation sites excluding steroid dienone is 4. The maximum absolute atomic E-state index is 12.1. The molecule has 3 heteroatoms. The molecule has 1 aromatic rings. The molecule has 0 N–H and O–H groups in total. The molecule has 0 fully saturated rings. The predicted octanol–water partition coefficient (Wildman–Crippen LogP) is 9.31. The van der Waals surface area contributed by atoms with Crippen molar-refractivity contribution in [1.29, 1.82) is 0 Å². The molecular formula is C30H44ClO2. The van der Waals surface area contributed by atoms with Gasteiger partial charge in [-0.2, -0.15) is 0 Å². The van der Waals surface area contributed by atoms with Crippen molar-refractivity contribution >= 4 is 17.6 Å². The number of hydrogen-bond acceptors (Lipinski definition) is 2. The van der Waals surface area contributed by atoms with Gasteiger partial charge in [0.25, 0.3) is 0 Å². The highest BCUT2D eigenvalue weighted by molar-refractivity contribution is 6.20. The Bertz CT molecular complexity index is 732. The van der Waals surface area contributed by atoms with Crippen LogP contribution in [0.5, 0.6) is 5.75 Å². The van der Waals surface area contributed by atoms with E-state index in [0.29, 0.717) is 17.5 Å². The van der Waals surface area contributed by atoms with Crippen LogP contribution in [0.15, 0.2) is 47.6 Å². The highest BCUT2D eigenvalue weighted by Crippen LogP contribution is 2.22. The zero-order chi connectivity index (χ0) is 23.7. The molecule has 1 aliphatic rings.